The number of carboxylic acid groups (broad SMARTS) is 1. The number of carboxylic acids is 1. The molecule has 146 valence electrons. The van der Waals surface area contributed by atoms with E-state index in [1.807, 2.05) is 37.3 Å². The lowest BCUT2D eigenvalue weighted by Crippen LogP contribution is -2.25. The van der Waals surface area contributed by atoms with Gasteiger partial charge in [0.2, 0.25) is 10.0 Å². The van der Waals surface area contributed by atoms with Crippen LogP contribution in [0, 0.1) is 0 Å². The van der Waals surface area contributed by atoms with Crippen molar-refractivity contribution in [2.24, 2.45) is 0 Å². The molecule has 0 aromatic heterocycles. The van der Waals surface area contributed by atoms with E-state index < -0.39 is 16.0 Å². The van der Waals surface area contributed by atoms with Crippen molar-refractivity contribution in [3.8, 4) is 0 Å². The topological polar surface area (TPSA) is 105 Å². The first-order valence-corrected chi connectivity index (χ1v) is 10.1. The lowest BCUT2D eigenvalue weighted by atomic mass is 10.2. The second-order valence-corrected chi connectivity index (χ2v) is 7.54. The summed E-state index contributed by atoms with van der Waals surface area (Å²) < 4.78 is 33.3. The SMILES string of the molecule is CCOCCCNc1ccc(C(=O)O)cc1S(=O)(=O)NCc1ccccc1. The lowest BCUT2D eigenvalue weighted by Gasteiger charge is -2.14. The van der Waals surface area contributed by atoms with Gasteiger partial charge in [-0.1, -0.05) is 30.3 Å². The first kappa shape index (κ1) is 20.9. The summed E-state index contributed by atoms with van der Waals surface area (Å²) in [4.78, 5) is 11.2. The zero-order chi connectivity index (χ0) is 19.7. The molecule has 8 heteroatoms. The van der Waals surface area contributed by atoms with Crippen molar-refractivity contribution >= 4 is 21.7 Å². The molecule has 3 N–H and O–H groups in total. The summed E-state index contributed by atoms with van der Waals surface area (Å²) in [6.45, 7) is 3.71. The predicted octanol–water partition coefficient (Wildman–Crippen LogP) is 2.70. The van der Waals surface area contributed by atoms with Crippen LogP contribution in [0.3, 0.4) is 0 Å². The van der Waals surface area contributed by atoms with Crippen LogP contribution in [-0.4, -0.2) is 39.3 Å². The van der Waals surface area contributed by atoms with Crippen molar-refractivity contribution in [1.29, 1.82) is 0 Å². The molecule has 0 radical (unpaired) electrons. The van der Waals surface area contributed by atoms with Crippen LogP contribution in [-0.2, 0) is 21.3 Å². The van der Waals surface area contributed by atoms with Crippen LogP contribution in [0.5, 0.6) is 0 Å². The molecule has 0 amide bonds. The third kappa shape index (κ3) is 6.35. The number of ether oxygens (including phenoxy) is 1. The highest BCUT2D eigenvalue weighted by atomic mass is 32.2. The summed E-state index contributed by atoms with van der Waals surface area (Å²) in [5.41, 5.74) is 1.08. The maximum atomic E-state index is 12.8. The van der Waals surface area contributed by atoms with Crippen molar-refractivity contribution in [3.05, 3.63) is 59.7 Å². The molecule has 0 fully saturated rings. The predicted molar refractivity (Wildman–Crippen MR) is 103 cm³/mol. The Morgan fingerprint density at radius 2 is 1.89 bits per heavy atom. The standard InChI is InChI=1S/C19H24N2O5S/c1-2-26-12-6-11-20-17-10-9-16(19(22)23)13-18(17)27(24,25)21-14-15-7-4-3-5-8-15/h3-5,7-10,13,20-21H,2,6,11-12,14H2,1H3,(H,22,23). The zero-order valence-electron chi connectivity index (χ0n) is 15.1. The molecule has 2 aromatic carbocycles. The fraction of sp³-hybridized carbons (Fsp3) is 0.316. The minimum absolute atomic E-state index is 0.0880. The summed E-state index contributed by atoms with van der Waals surface area (Å²) in [6, 6.07) is 13.1. The lowest BCUT2D eigenvalue weighted by molar-refractivity contribution is 0.0696. The van der Waals surface area contributed by atoms with Crippen LogP contribution in [0.1, 0.15) is 29.3 Å². The van der Waals surface area contributed by atoms with Gasteiger partial charge in [0.25, 0.3) is 0 Å². The summed E-state index contributed by atoms with van der Waals surface area (Å²) >= 11 is 0. The van der Waals surface area contributed by atoms with Gasteiger partial charge in [-0.2, -0.15) is 0 Å². The number of sulfonamides is 1. The third-order valence-electron chi connectivity index (χ3n) is 3.81. The number of aromatic carboxylic acids is 1. The van der Waals surface area contributed by atoms with E-state index in [2.05, 4.69) is 10.0 Å². The van der Waals surface area contributed by atoms with Crippen LogP contribution in [0.2, 0.25) is 0 Å². The van der Waals surface area contributed by atoms with Gasteiger partial charge in [-0.3, -0.25) is 0 Å². The van der Waals surface area contributed by atoms with Gasteiger partial charge in [0, 0.05) is 26.3 Å². The molecule has 0 saturated heterocycles. The number of nitrogens with one attached hydrogen (secondary N) is 2. The van der Waals surface area contributed by atoms with E-state index in [-0.39, 0.29) is 17.0 Å². The second kappa shape index (κ2) is 10.1. The summed E-state index contributed by atoms with van der Waals surface area (Å²) in [5.74, 6) is -1.18. The van der Waals surface area contributed by atoms with Crippen LogP contribution >= 0.6 is 0 Å². The zero-order valence-corrected chi connectivity index (χ0v) is 16.0. The Hall–Kier alpha value is -2.42. The van der Waals surface area contributed by atoms with Gasteiger partial charge in [-0.15, -0.1) is 0 Å². The van der Waals surface area contributed by atoms with Crippen molar-refractivity contribution < 1.29 is 23.1 Å². The smallest absolute Gasteiger partial charge is 0.335 e. The normalized spacial score (nSPS) is 11.3. The number of benzene rings is 2. The molecule has 0 atom stereocenters. The third-order valence-corrected chi connectivity index (χ3v) is 5.25. The van der Waals surface area contributed by atoms with Gasteiger partial charge in [0.15, 0.2) is 0 Å². The minimum Gasteiger partial charge on any atom is -0.478 e. The van der Waals surface area contributed by atoms with E-state index in [0.717, 1.165) is 5.56 Å². The molecule has 0 aliphatic carbocycles. The molecule has 0 saturated carbocycles. The Morgan fingerprint density at radius 1 is 1.15 bits per heavy atom. The maximum absolute atomic E-state index is 12.8. The van der Waals surface area contributed by atoms with E-state index in [1.54, 1.807) is 0 Å². The van der Waals surface area contributed by atoms with Crippen LogP contribution in [0.4, 0.5) is 5.69 Å². The maximum Gasteiger partial charge on any atom is 0.335 e. The Bertz CT molecular complexity index is 854. The summed E-state index contributed by atoms with van der Waals surface area (Å²) in [5, 5.41) is 12.2. The molecular weight excluding hydrogens is 368 g/mol. The van der Waals surface area contributed by atoms with Crippen molar-refractivity contribution in [2.45, 2.75) is 24.8 Å². The van der Waals surface area contributed by atoms with Crippen LogP contribution < -0.4 is 10.0 Å². The largest absolute Gasteiger partial charge is 0.478 e. The molecule has 0 aliphatic rings. The summed E-state index contributed by atoms with van der Waals surface area (Å²) in [6.07, 6.45) is 0.700. The van der Waals surface area contributed by atoms with Gasteiger partial charge in [0.1, 0.15) is 4.90 Å². The molecule has 2 rings (SSSR count). The second-order valence-electron chi connectivity index (χ2n) is 5.80. The van der Waals surface area contributed by atoms with Gasteiger partial charge in [0.05, 0.1) is 11.3 Å². The number of rotatable bonds is 11. The quantitative estimate of drug-likeness (QED) is 0.508. The summed E-state index contributed by atoms with van der Waals surface area (Å²) in [7, 11) is -3.90. The van der Waals surface area contributed by atoms with E-state index in [4.69, 9.17) is 4.74 Å². The number of carbonyl (C=O) groups is 1. The monoisotopic (exact) mass is 392 g/mol. The molecular formula is C19H24N2O5S. The van der Waals surface area contributed by atoms with Crippen molar-refractivity contribution in [3.63, 3.8) is 0 Å². The number of hydrogen-bond donors (Lipinski definition) is 3. The van der Waals surface area contributed by atoms with Crippen LogP contribution in [0.15, 0.2) is 53.4 Å². The molecule has 0 spiro atoms. The first-order chi connectivity index (χ1) is 12.9. The van der Waals surface area contributed by atoms with E-state index in [1.165, 1.54) is 18.2 Å². The number of hydrogen-bond acceptors (Lipinski definition) is 5. The molecule has 7 nitrogen and oxygen atoms in total. The Balaban J connectivity index is 2.19. The molecule has 0 unspecified atom stereocenters. The Labute approximate surface area is 159 Å². The van der Waals surface area contributed by atoms with Crippen molar-refractivity contribution in [2.75, 3.05) is 25.1 Å². The highest BCUT2D eigenvalue weighted by Gasteiger charge is 2.20. The van der Waals surface area contributed by atoms with Gasteiger partial charge in [-0.05, 0) is 37.1 Å². The van der Waals surface area contributed by atoms with Crippen molar-refractivity contribution in [1.82, 2.24) is 4.72 Å². The molecule has 0 bridgehead atoms. The van der Waals surface area contributed by atoms with Gasteiger partial charge >= 0.3 is 5.97 Å². The molecule has 0 aliphatic heterocycles. The van der Waals surface area contributed by atoms with Gasteiger partial charge < -0.3 is 15.2 Å². The first-order valence-electron chi connectivity index (χ1n) is 8.66. The van der Waals surface area contributed by atoms with E-state index in [9.17, 15) is 18.3 Å². The fourth-order valence-electron chi connectivity index (χ4n) is 2.42. The van der Waals surface area contributed by atoms with E-state index in [0.29, 0.717) is 31.9 Å². The minimum atomic E-state index is -3.90. The fourth-order valence-corrected chi connectivity index (χ4v) is 3.64. The Morgan fingerprint density at radius 3 is 2.56 bits per heavy atom. The van der Waals surface area contributed by atoms with Crippen LogP contribution in [0.25, 0.3) is 0 Å². The average molecular weight is 392 g/mol. The average Bonchev–Trinajstić information content (AvgIpc) is 2.67. The highest BCUT2D eigenvalue weighted by Crippen LogP contribution is 2.23. The Kier molecular flexibility index (Phi) is 7.78. The van der Waals surface area contributed by atoms with Gasteiger partial charge in [-0.25, -0.2) is 17.9 Å². The molecule has 27 heavy (non-hydrogen) atoms. The highest BCUT2D eigenvalue weighted by molar-refractivity contribution is 7.89. The van der Waals surface area contributed by atoms with E-state index >= 15 is 0 Å². The number of anilines is 1. The molecule has 2 aromatic rings. The molecule has 0 heterocycles.